The lowest BCUT2D eigenvalue weighted by molar-refractivity contribution is -0.137. The predicted octanol–water partition coefficient (Wildman–Crippen LogP) is -0.654. The molecule has 9 nitrogen and oxygen atoms in total. The van der Waals surface area contributed by atoms with Crippen molar-refractivity contribution >= 4 is 18.3 Å². The predicted molar refractivity (Wildman–Crippen MR) is 77.7 cm³/mol. The average Bonchev–Trinajstić information content (AvgIpc) is 2.97. The Bertz CT molecular complexity index is 449. The number of nitrogens with zero attached hydrogens (tertiary/aromatic N) is 2. The molecule has 124 valence electrons. The summed E-state index contributed by atoms with van der Waals surface area (Å²) in [5, 5.41) is 18.5. The molecule has 0 bridgehead atoms. The van der Waals surface area contributed by atoms with Crippen LogP contribution in [0.2, 0.25) is 0 Å². The SMILES string of the molecule is CC[C@@H](NC(C)=O)C(=O)N(CCO)Cc1ncc[nH]1.O=CO. The van der Waals surface area contributed by atoms with Gasteiger partial charge in [0.2, 0.25) is 11.8 Å². The lowest BCUT2D eigenvalue weighted by atomic mass is 10.2. The maximum absolute atomic E-state index is 12.3. The van der Waals surface area contributed by atoms with Crippen LogP contribution < -0.4 is 5.32 Å². The molecule has 0 aliphatic carbocycles. The second-order valence-corrected chi connectivity index (χ2v) is 4.29. The molecule has 4 N–H and O–H groups in total. The maximum Gasteiger partial charge on any atom is 0.290 e. The molecule has 22 heavy (non-hydrogen) atoms. The van der Waals surface area contributed by atoms with Crippen molar-refractivity contribution in [2.45, 2.75) is 32.9 Å². The molecule has 1 aromatic heterocycles. The second kappa shape index (κ2) is 11.3. The van der Waals surface area contributed by atoms with Gasteiger partial charge in [0.05, 0.1) is 13.2 Å². The Balaban J connectivity index is 0.00000135. The number of aromatic amines is 1. The number of amides is 2. The van der Waals surface area contributed by atoms with Crippen molar-refractivity contribution in [1.29, 1.82) is 0 Å². The fraction of sp³-hybridized carbons (Fsp3) is 0.538. The zero-order valence-corrected chi connectivity index (χ0v) is 12.7. The fourth-order valence-corrected chi connectivity index (χ4v) is 1.76. The number of aliphatic hydroxyl groups excluding tert-OH is 1. The first-order valence-corrected chi connectivity index (χ1v) is 6.72. The van der Waals surface area contributed by atoms with E-state index in [9.17, 15) is 9.59 Å². The average molecular weight is 314 g/mol. The minimum absolute atomic E-state index is 0.136. The first-order chi connectivity index (χ1) is 10.5. The van der Waals surface area contributed by atoms with E-state index < -0.39 is 6.04 Å². The van der Waals surface area contributed by atoms with Crippen LogP contribution in [0.5, 0.6) is 0 Å². The number of aliphatic hydroxyl groups is 1. The van der Waals surface area contributed by atoms with Crippen molar-refractivity contribution in [1.82, 2.24) is 20.2 Å². The van der Waals surface area contributed by atoms with Crippen LogP contribution in [0, 0.1) is 0 Å². The molecule has 0 unspecified atom stereocenters. The molecule has 2 amide bonds. The van der Waals surface area contributed by atoms with Crippen molar-refractivity contribution in [3.63, 3.8) is 0 Å². The van der Waals surface area contributed by atoms with Crippen LogP contribution in [-0.2, 0) is 20.9 Å². The molecule has 0 spiro atoms. The van der Waals surface area contributed by atoms with Crippen LogP contribution in [0.25, 0.3) is 0 Å². The van der Waals surface area contributed by atoms with E-state index in [2.05, 4.69) is 15.3 Å². The van der Waals surface area contributed by atoms with Crippen molar-refractivity contribution in [2.75, 3.05) is 13.2 Å². The Morgan fingerprint density at radius 3 is 2.59 bits per heavy atom. The number of aromatic nitrogens is 2. The Hall–Kier alpha value is -2.42. The number of carbonyl (C=O) groups is 3. The smallest absolute Gasteiger partial charge is 0.290 e. The minimum atomic E-state index is -0.570. The molecular formula is C13H22N4O5. The molecule has 1 atom stereocenters. The number of hydrogen-bond donors (Lipinski definition) is 4. The van der Waals surface area contributed by atoms with Gasteiger partial charge in [0.1, 0.15) is 11.9 Å². The third-order valence-electron chi connectivity index (χ3n) is 2.66. The molecule has 0 aliphatic heterocycles. The van der Waals surface area contributed by atoms with Gasteiger partial charge in [-0.1, -0.05) is 6.92 Å². The number of rotatable bonds is 7. The van der Waals surface area contributed by atoms with E-state index in [1.54, 1.807) is 12.4 Å². The van der Waals surface area contributed by atoms with E-state index in [4.69, 9.17) is 15.0 Å². The molecule has 0 fully saturated rings. The van der Waals surface area contributed by atoms with Gasteiger partial charge in [-0.2, -0.15) is 0 Å². The van der Waals surface area contributed by atoms with Gasteiger partial charge < -0.3 is 25.4 Å². The summed E-state index contributed by atoms with van der Waals surface area (Å²) in [6.45, 7) is 3.29. The van der Waals surface area contributed by atoms with Crippen LogP contribution in [-0.4, -0.2) is 62.6 Å². The minimum Gasteiger partial charge on any atom is -0.483 e. The van der Waals surface area contributed by atoms with E-state index in [0.717, 1.165) is 0 Å². The number of carboxylic acid groups (broad SMARTS) is 1. The standard InChI is InChI=1S/C12H20N4O3.CH2O2/c1-3-10(15-9(2)18)12(19)16(6-7-17)8-11-13-4-5-14-11;2-1-3/h4-5,10,17H,3,6-8H2,1-2H3,(H,13,14)(H,15,18);1H,(H,2,3)/t10-;/m1./s1. The van der Waals surface area contributed by atoms with Gasteiger partial charge in [0.15, 0.2) is 0 Å². The zero-order chi connectivity index (χ0) is 17.0. The Kier molecular flexibility index (Phi) is 10.0. The Morgan fingerprint density at radius 2 is 2.18 bits per heavy atom. The molecule has 0 saturated carbocycles. The van der Waals surface area contributed by atoms with E-state index in [0.29, 0.717) is 12.2 Å². The highest BCUT2D eigenvalue weighted by Crippen LogP contribution is 2.04. The number of imidazole rings is 1. The van der Waals surface area contributed by atoms with Crippen molar-refractivity contribution in [3.05, 3.63) is 18.2 Å². The van der Waals surface area contributed by atoms with Crippen LogP contribution >= 0.6 is 0 Å². The summed E-state index contributed by atoms with van der Waals surface area (Å²) in [5.41, 5.74) is 0. The van der Waals surface area contributed by atoms with Crippen LogP contribution in [0.4, 0.5) is 0 Å². The molecule has 0 aliphatic rings. The molecular weight excluding hydrogens is 292 g/mol. The molecule has 0 aromatic carbocycles. The van der Waals surface area contributed by atoms with Gasteiger partial charge in [-0.15, -0.1) is 0 Å². The summed E-state index contributed by atoms with van der Waals surface area (Å²) < 4.78 is 0. The monoisotopic (exact) mass is 314 g/mol. The summed E-state index contributed by atoms with van der Waals surface area (Å²) in [5.74, 6) is 0.171. The number of H-pyrrole nitrogens is 1. The largest absolute Gasteiger partial charge is 0.483 e. The van der Waals surface area contributed by atoms with Gasteiger partial charge >= 0.3 is 0 Å². The molecule has 0 radical (unpaired) electrons. The second-order valence-electron chi connectivity index (χ2n) is 4.29. The Morgan fingerprint density at radius 1 is 1.55 bits per heavy atom. The van der Waals surface area contributed by atoms with E-state index in [-0.39, 0.29) is 38.0 Å². The summed E-state index contributed by atoms with van der Waals surface area (Å²) in [4.78, 5) is 40.1. The summed E-state index contributed by atoms with van der Waals surface area (Å²) in [6, 6.07) is -0.570. The highest BCUT2D eigenvalue weighted by atomic mass is 16.3. The Labute approximate surface area is 128 Å². The van der Waals surface area contributed by atoms with Crippen LogP contribution in [0.1, 0.15) is 26.1 Å². The normalized spacial score (nSPS) is 10.9. The molecule has 1 aromatic rings. The molecule has 1 heterocycles. The van der Waals surface area contributed by atoms with Gasteiger partial charge in [-0.3, -0.25) is 14.4 Å². The van der Waals surface area contributed by atoms with Crippen LogP contribution in [0.15, 0.2) is 12.4 Å². The van der Waals surface area contributed by atoms with E-state index >= 15 is 0 Å². The highest BCUT2D eigenvalue weighted by molar-refractivity contribution is 5.86. The number of hydrogen-bond acceptors (Lipinski definition) is 5. The topological polar surface area (TPSA) is 136 Å². The van der Waals surface area contributed by atoms with Gasteiger partial charge in [-0.05, 0) is 6.42 Å². The first-order valence-electron chi connectivity index (χ1n) is 6.72. The first kappa shape index (κ1) is 19.6. The fourth-order valence-electron chi connectivity index (χ4n) is 1.76. The van der Waals surface area contributed by atoms with Crippen molar-refractivity contribution < 1.29 is 24.6 Å². The molecule has 9 heteroatoms. The summed E-state index contributed by atoms with van der Waals surface area (Å²) in [6.07, 6.45) is 3.77. The quantitative estimate of drug-likeness (QED) is 0.494. The van der Waals surface area contributed by atoms with E-state index in [1.165, 1.54) is 11.8 Å². The number of carbonyl (C=O) groups excluding carboxylic acids is 2. The number of nitrogens with one attached hydrogen (secondary N) is 2. The lowest BCUT2D eigenvalue weighted by Crippen LogP contribution is -2.48. The lowest BCUT2D eigenvalue weighted by Gasteiger charge is -2.25. The van der Waals surface area contributed by atoms with Crippen LogP contribution in [0.3, 0.4) is 0 Å². The summed E-state index contributed by atoms with van der Waals surface area (Å²) >= 11 is 0. The van der Waals surface area contributed by atoms with Gasteiger partial charge in [-0.25, -0.2) is 4.98 Å². The maximum atomic E-state index is 12.3. The zero-order valence-electron chi connectivity index (χ0n) is 12.7. The van der Waals surface area contributed by atoms with Gasteiger partial charge in [0.25, 0.3) is 6.47 Å². The summed E-state index contributed by atoms with van der Waals surface area (Å²) in [7, 11) is 0. The highest BCUT2D eigenvalue weighted by Gasteiger charge is 2.23. The van der Waals surface area contributed by atoms with Crippen molar-refractivity contribution in [2.24, 2.45) is 0 Å². The van der Waals surface area contributed by atoms with E-state index in [1.807, 2.05) is 6.92 Å². The molecule has 1 rings (SSSR count). The van der Waals surface area contributed by atoms with Gasteiger partial charge in [0, 0.05) is 25.9 Å². The molecule has 0 saturated heterocycles. The third-order valence-corrected chi connectivity index (χ3v) is 2.66. The third kappa shape index (κ3) is 7.39. The van der Waals surface area contributed by atoms with Crippen molar-refractivity contribution in [3.8, 4) is 0 Å².